The normalized spacial score (nSPS) is 13.4. The summed E-state index contributed by atoms with van der Waals surface area (Å²) >= 11 is 0. The van der Waals surface area contributed by atoms with Crippen molar-refractivity contribution in [2.75, 3.05) is 5.32 Å². The molecule has 1 saturated carbocycles. The van der Waals surface area contributed by atoms with Crippen molar-refractivity contribution in [3.63, 3.8) is 0 Å². The first-order valence-electron chi connectivity index (χ1n) is 11.3. The molecule has 1 aromatic heterocycles. The van der Waals surface area contributed by atoms with Crippen molar-refractivity contribution >= 4 is 17.5 Å². The molecule has 0 unspecified atom stereocenters. The topological polar surface area (TPSA) is 101 Å². The Morgan fingerprint density at radius 2 is 1.85 bits per heavy atom. The molecule has 7 heteroatoms. The van der Waals surface area contributed by atoms with Crippen molar-refractivity contribution in [2.45, 2.75) is 52.7 Å². The summed E-state index contributed by atoms with van der Waals surface area (Å²) in [5.41, 5.74) is 10.4. The van der Waals surface area contributed by atoms with Crippen LogP contribution in [-0.2, 0) is 24.4 Å². The largest absolute Gasteiger partial charge is 0.361 e. The van der Waals surface area contributed by atoms with E-state index in [1.54, 1.807) is 18.7 Å². The van der Waals surface area contributed by atoms with E-state index >= 15 is 0 Å². The van der Waals surface area contributed by atoms with Gasteiger partial charge in [-0.1, -0.05) is 54.0 Å². The Labute approximate surface area is 193 Å². The highest BCUT2D eigenvalue weighted by Gasteiger charge is 2.27. The summed E-state index contributed by atoms with van der Waals surface area (Å²) in [6, 6.07) is 15.6. The van der Waals surface area contributed by atoms with Crippen LogP contribution >= 0.6 is 0 Å². The van der Waals surface area contributed by atoms with Crippen molar-refractivity contribution in [3.05, 3.63) is 82.2 Å². The second kappa shape index (κ2) is 10.0. The number of rotatable bonds is 8. The molecule has 1 aliphatic rings. The van der Waals surface area contributed by atoms with E-state index in [1.165, 1.54) is 0 Å². The Balaban J connectivity index is 1.63. The number of aromatic nitrogens is 1. The van der Waals surface area contributed by atoms with E-state index < -0.39 is 0 Å². The second-order valence-corrected chi connectivity index (χ2v) is 8.66. The fourth-order valence-corrected chi connectivity index (χ4v) is 4.11. The maximum Gasteiger partial charge on any atom is 0.259 e. The SMILES string of the molecule is Cc1noc(C)c1C(=O)N(Cc1cccc(CN)c1)Cc1ccccc1NC(=O)C1CCC1. The van der Waals surface area contributed by atoms with E-state index in [9.17, 15) is 9.59 Å². The number of hydrogen-bond acceptors (Lipinski definition) is 5. The fourth-order valence-electron chi connectivity index (χ4n) is 4.11. The first-order valence-corrected chi connectivity index (χ1v) is 11.3. The van der Waals surface area contributed by atoms with E-state index in [-0.39, 0.29) is 17.7 Å². The van der Waals surface area contributed by atoms with Crippen LogP contribution in [0.4, 0.5) is 5.69 Å². The second-order valence-electron chi connectivity index (χ2n) is 8.66. The minimum atomic E-state index is -0.162. The van der Waals surface area contributed by atoms with Crippen LogP contribution in [0.1, 0.15) is 57.8 Å². The molecule has 0 aliphatic heterocycles. The zero-order valence-corrected chi connectivity index (χ0v) is 19.1. The average molecular weight is 447 g/mol. The summed E-state index contributed by atoms with van der Waals surface area (Å²) in [5.74, 6) is 0.458. The van der Waals surface area contributed by atoms with Crippen LogP contribution < -0.4 is 11.1 Å². The highest BCUT2D eigenvalue weighted by atomic mass is 16.5. The number of nitrogens with one attached hydrogen (secondary N) is 1. The Morgan fingerprint density at radius 1 is 1.09 bits per heavy atom. The van der Waals surface area contributed by atoms with Crippen molar-refractivity contribution in [1.82, 2.24) is 10.1 Å². The van der Waals surface area contributed by atoms with Crippen molar-refractivity contribution in [3.8, 4) is 0 Å². The number of aryl methyl sites for hydroxylation is 2. The number of amides is 2. The molecule has 0 saturated heterocycles. The predicted octanol–water partition coefficient (Wildman–Crippen LogP) is 4.33. The van der Waals surface area contributed by atoms with Crippen molar-refractivity contribution in [2.24, 2.45) is 11.7 Å². The fraction of sp³-hybridized carbons (Fsp3) is 0.346. The molecule has 3 N–H and O–H groups in total. The molecule has 0 atom stereocenters. The first-order chi connectivity index (χ1) is 16.0. The Morgan fingerprint density at radius 3 is 2.52 bits per heavy atom. The van der Waals surface area contributed by atoms with E-state index in [2.05, 4.69) is 10.5 Å². The van der Waals surface area contributed by atoms with Crippen LogP contribution in [0, 0.1) is 19.8 Å². The molecule has 2 amide bonds. The molecular formula is C26H30N4O3. The number of hydrogen-bond donors (Lipinski definition) is 2. The lowest BCUT2D eigenvalue weighted by Gasteiger charge is -2.27. The quantitative estimate of drug-likeness (QED) is 0.536. The third-order valence-corrected chi connectivity index (χ3v) is 6.25. The summed E-state index contributed by atoms with van der Waals surface area (Å²) in [6.07, 6.45) is 2.96. The summed E-state index contributed by atoms with van der Waals surface area (Å²) < 4.78 is 5.25. The molecule has 0 spiro atoms. The van der Waals surface area contributed by atoms with Crippen LogP contribution in [0.5, 0.6) is 0 Å². The van der Waals surface area contributed by atoms with Gasteiger partial charge < -0.3 is 20.5 Å². The highest BCUT2D eigenvalue weighted by Crippen LogP contribution is 2.29. The van der Waals surface area contributed by atoms with Gasteiger partial charge in [0.15, 0.2) is 0 Å². The zero-order valence-electron chi connectivity index (χ0n) is 19.1. The maximum atomic E-state index is 13.6. The van der Waals surface area contributed by atoms with Gasteiger partial charge in [-0.15, -0.1) is 0 Å². The van der Waals surface area contributed by atoms with Gasteiger partial charge in [0.25, 0.3) is 5.91 Å². The number of nitrogens with zero attached hydrogens (tertiary/aromatic N) is 2. The van der Waals surface area contributed by atoms with Gasteiger partial charge in [-0.25, -0.2) is 0 Å². The molecule has 7 nitrogen and oxygen atoms in total. The summed E-state index contributed by atoms with van der Waals surface area (Å²) in [5, 5.41) is 7.03. The summed E-state index contributed by atoms with van der Waals surface area (Å²) in [6.45, 7) is 4.66. The summed E-state index contributed by atoms with van der Waals surface area (Å²) in [7, 11) is 0. The van der Waals surface area contributed by atoms with Gasteiger partial charge >= 0.3 is 0 Å². The zero-order chi connectivity index (χ0) is 23.4. The number of benzene rings is 2. The minimum absolute atomic E-state index is 0.0490. The standard InChI is InChI=1S/C26H30N4O3/c1-17-24(18(2)33-29-17)26(32)30(15-20-8-5-7-19(13-20)14-27)16-22-9-3-4-12-23(22)28-25(31)21-10-6-11-21/h3-5,7-9,12-13,21H,6,10-11,14-16,27H2,1-2H3,(H,28,31). The molecule has 0 bridgehead atoms. The molecule has 2 aromatic carbocycles. The van der Waals surface area contributed by atoms with Crippen molar-refractivity contribution < 1.29 is 14.1 Å². The average Bonchev–Trinajstić information content (AvgIpc) is 3.11. The van der Waals surface area contributed by atoms with Crippen LogP contribution in [0.3, 0.4) is 0 Å². The van der Waals surface area contributed by atoms with Gasteiger partial charge in [0.1, 0.15) is 11.3 Å². The van der Waals surface area contributed by atoms with Crippen LogP contribution in [0.25, 0.3) is 0 Å². The number of nitrogens with two attached hydrogens (primary N) is 1. The lowest BCUT2D eigenvalue weighted by molar-refractivity contribution is -0.122. The molecule has 1 fully saturated rings. The van der Waals surface area contributed by atoms with Gasteiger partial charge in [-0.05, 0) is 49.4 Å². The first kappa shape index (κ1) is 22.7. The van der Waals surface area contributed by atoms with E-state index in [4.69, 9.17) is 10.3 Å². The number of para-hydroxylation sites is 1. The molecule has 33 heavy (non-hydrogen) atoms. The van der Waals surface area contributed by atoms with Crippen LogP contribution in [0.15, 0.2) is 53.1 Å². The molecule has 1 aliphatic carbocycles. The lowest BCUT2D eigenvalue weighted by Crippen LogP contribution is -2.32. The third-order valence-electron chi connectivity index (χ3n) is 6.25. The molecule has 4 rings (SSSR count). The van der Waals surface area contributed by atoms with E-state index in [0.29, 0.717) is 36.7 Å². The van der Waals surface area contributed by atoms with Crippen LogP contribution in [0.2, 0.25) is 0 Å². The lowest BCUT2D eigenvalue weighted by atomic mass is 9.85. The van der Waals surface area contributed by atoms with E-state index in [0.717, 1.165) is 41.6 Å². The molecule has 172 valence electrons. The van der Waals surface area contributed by atoms with Crippen molar-refractivity contribution in [1.29, 1.82) is 0 Å². The smallest absolute Gasteiger partial charge is 0.259 e. The third kappa shape index (κ3) is 5.14. The monoisotopic (exact) mass is 446 g/mol. The van der Waals surface area contributed by atoms with Gasteiger partial charge in [0.05, 0.1) is 5.69 Å². The van der Waals surface area contributed by atoms with E-state index in [1.807, 2.05) is 48.5 Å². The maximum absolute atomic E-state index is 13.6. The molecular weight excluding hydrogens is 416 g/mol. The minimum Gasteiger partial charge on any atom is -0.361 e. The van der Waals surface area contributed by atoms with Gasteiger partial charge in [0, 0.05) is 31.2 Å². The summed E-state index contributed by atoms with van der Waals surface area (Å²) in [4.78, 5) is 28.0. The number of carbonyl (C=O) groups is 2. The van der Waals surface area contributed by atoms with Gasteiger partial charge in [-0.3, -0.25) is 9.59 Å². The van der Waals surface area contributed by atoms with Gasteiger partial charge in [-0.2, -0.15) is 0 Å². The Bertz CT molecular complexity index is 1130. The molecule has 0 radical (unpaired) electrons. The Kier molecular flexibility index (Phi) is 6.89. The van der Waals surface area contributed by atoms with Gasteiger partial charge in [0.2, 0.25) is 5.91 Å². The molecule has 3 aromatic rings. The number of carbonyl (C=O) groups excluding carboxylic acids is 2. The number of anilines is 1. The predicted molar refractivity (Wildman–Crippen MR) is 126 cm³/mol. The highest BCUT2D eigenvalue weighted by molar-refractivity contribution is 5.96. The molecule has 1 heterocycles. The Hall–Kier alpha value is -3.45. The van der Waals surface area contributed by atoms with Crippen LogP contribution in [-0.4, -0.2) is 21.9 Å².